The highest BCUT2D eigenvalue weighted by molar-refractivity contribution is 5.75. The molecule has 0 spiro atoms. The van der Waals surface area contributed by atoms with Gasteiger partial charge in [0.25, 0.3) is 0 Å². The summed E-state index contributed by atoms with van der Waals surface area (Å²) in [6.07, 6.45) is 21.0. The van der Waals surface area contributed by atoms with Crippen LogP contribution < -0.4 is 22.8 Å². The highest BCUT2D eigenvalue weighted by Crippen LogP contribution is 2.38. The highest BCUT2D eigenvalue weighted by Gasteiger charge is 2.23. The monoisotopic (exact) mass is 1570 g/mol. The molecule has 0 bridgehead atoms. The van der Waals surface area contributed by atoms with Gasteiger partial charge in [0, 0.05) is 107 Å². The summed E-state index contributed by atoms with van der Waals surface area (Å²) in [5, 5.41) is 0. The molecular formula is C113H123N6+5. The minimum Gasteiger partial charge on any atom is -0.256 e. The van der Waals surface area contributed by atoms with E-state index in [1.807, 2.05) is 83.3 Å². The van der Waals surface area contributed by atoms with E-state index in [1.54, 1.807) is 0 Å². The third-order valence-electron chi connectivity index (χ3n) is 23.3. The molecule has 2 saturated carbocycles. The van der Waals surface area contributed by atoms with Crippen LogP contribution in [0.3, 0.4) is 0 Å². The van der Waals surface area contributed by atoms with Crippen molar-refractivity contribution in [1.82, 2.24) is 4.98 Å². The second kappa shape index (κ2) is 39.9. The molecule has 6 heteroatoms. The van der Waals surface area contributed by atoms with E-state index in [0.717, 1.165) is 59.2 Å². The normalized spacial score (nSPS) is 14.1. The van der Waals surface area contributed by atoms with Crippen LogP contribution in [-0.2, 0) is 41.6 Å². The molecule has 6 nitrogen and oxygen atoms in total. The summed E-state index contributed by atoms with van der Waals surface area (Å²) < 4.78 is 53.4. The van der Waals surface area contributed by atoms with E-state index in [2.05, 4.69) is 383 Å². The summed E-state index contributed by atoms with van der Waals surface area (Å²) in [6.45, 7) is 20.4. The molecule has 119 heavy (non-hydrogen) atoms. The maximum absolute atomic E-state index is 8.83. The topological polar surface area (TPSA) is 32.3 Å². The minimum absolute atomic E-state index is 0.367. The summed E-state index contributed by atoms with van der Waals surface area (Å²) in [5.74, 6) is -1.31. The number of hydrogen-bond donors (Lipinski definition) is 0. The second-order valence-electron chi connectivity index (χ2n) is 33.5. The summed E-state index contributed by atoms with van der Waals surface area (Å²) in [7, 11) is 10.4. The van der Waals surface area contributed by atoms with E-state index in [4.69, 9.17) is 6.85 Å². The highest BCUT2D eigenvalue weighted by atomic mass is 14.9. The zero-order valence-corrected chi connectivity index (χ0v) is 72.8. The van der Waals surface area contributed by atoms with Crippen molar-refractivity contribution in [2.75, 3.05) is 0 Å². The molecule has 600 valence electrons. The molecule has 0 amide bonds. The molecule has 6 heterocycles. The van der Waals surface area contributed by atoms with Crippen molar-refractivity contribution in [3.63, 3.8) is 0 Å². The van der Waals surface area contributed by atoms with Crippen LogP contribution in [0.25, 0.3) is 112 Å². The van der Waals surface area contributed by atoms with Crippen LogP contribution in [0, 0.1) is 40.0 Å². The zero-order chi connectivity index (χ0) is 88.1. The molecule has 0 unspecified atom stereocenters. The molecule has 2 aliphatic rings. The van der Waals surface area contributed by atoms with E-state index in [0.29, 0.717) is 0 Å². The average molecular weight is 1570 g/mol. The third-order valence-corrected chi connectivity index (χ3v) is 23.3. The van der Waals surface area contributed by atoms with Gasteiger partial charge >= 0.3 is 0 Å². The third kappa shape index (κ3) is 22.0. The molecular weight excluding hydrogens is 1440 g/mol. The van der Waals surface area contributed by atoms with Gasteiger partial charge in [-0.15, -0.1) is 0 Å². The number of aromatic nitrogens is 6. The van der Waals surface area contributed by atoms with Crippen LogP contribution in [0.15, 0.2) is 334 Å². The van der Waals surface area contributed by atoms with Crippen molar-refractivity contribution in [3.05, 3.63) is 385 Å². The van der Waals surface area contributed by atoms with Crippen molar-refractivity contribution >= 4 is 0 Å². The smallest absolute Gasteiger partial charge is 0.213 e. The Hall–Kier alpha value is -12.1. The molecule has 0 atom stereocenters. The second-order valence-corrected chi connectivity index (χ2v) is 33.5. The maximum atomic E-state index is 8.83. The van der Waals surface area contributed by atoms with Gasteiger partial charge in [-0.25, -0.2) is 22.8 Å². The molecule has 2 fully saturated rings. The van der Waals surface area contributed by atoms with Crippen LogP contribution >= 0.6 is 0 Å². The zero-order valence-electron chi connectivity index (χ0n) is 77.8. The molecule has 17 rings (SSSR count). The van der Waals surface area contributed by atoms with Crippen LogP contribution in [-0.4, -0.2) is 4.98 Å². The maximum Gasteiger partial charge on any atom is 0.213 e. The van der Waals surface area contributed by atoms with Gasteiger partial charge in [-0.3, -0.25) is 4.98 Å². The van der Waals surface area contributed by atoms with Crippen molar-refractivity contribution in [3.8, 4) is 112 Å². The quantitative estimate of drug-likeness (QED) is 0.0999. The largest absolute Gasteiger partial charge is 0.256 e. The fraction of sp³-hybridized carbons (Fsp3) is 0.257. The first-order valence-electron chi connectivity index (χ1n) is 45.0. The molecule has 0 aliphatic heterocycles. The van der Waals surface area contributed by atoms with Gasteiger partial charge < -0.3 is 0 Å². The number of pyridine rings is 6. The van der Waals surface area contributed by atoms with E-state index >= 15 is 0 Å². The van der Waals surface area contributed by atoms with Gasteiger partial charge in [-0.05, 0) is 227 Å². The van der Waals surface area contributed by atoms with E-state index in [-0.39, 0.29) is 11.8 Å². The Bertz CT molecular complexity index is 6150. The van der Waals surface area contributed by atoms with Crippen LogP contribution in [0.2, 0.25) is 0 Å². The first kappa shape index (κ1) is 78.1. The fourth-order valence-electron chi connectivity index (χ4n) is 16.2. The van der Waals surface area contributed by atoms with Crippen LogP contribution in [0.4, 0.5) is 0 Å². The predicted octanol–water partition coefficient (Wildman–Crippen LogP) is 26.6. The van der Waals surface area contributed by atoms with Crippen molar-refractivity contribution in [1.29, 1.82) is 0 Å². The van der Waals surface area contributed by atoms with E-state index in [1.165, 1.54) is 161 Å². The molecule has 6 aromatic heterocycles. The first-order valence-corrected chi connectivity index (χ1v) is 42.5. The Balaban J connectivity index is 0.000000134. The Morgan fingerprint density at radius 3 is 0.882 bits per heavy atom. The lowest BCUT2D eigenvalue weighted by atomic mass is 9.84. The molecule has 2 aliphatic carbocycles. The summed E-state index contributed by atoms with van der Waals surface area (Å²) in [4.78, 5) is 4.43. The van der Waals surface area contributed by atoms with Crippen LogP contribution in [0.5, 0.6) is 0 Å². The average Bonchev–Trinajstić information content (AvgIpc) is 0.940. The number of hydrogen-bond acceptors (Lipinski definition) is 1. The number of benzene rings is 9. The molecule has 15 aromatic rings. The lowest BCUT2D eigenvalue weighted by Gasteiger charge is -2.22. The van der Waals surface area contributed by atoms with Gasteiger partial charge in [0.1, 0.15) is 35.2 Å². The lowest BCUT2D eigenvalue weighted by Crippen LogP contribution is -2.30. The Morgan fingerprint density at radius 1 is 0.328 bits per heavy atom. The van der Waals surface area contributed by atoms with Crippen LogP contribution in [0.1, 0.15) is 167 Å². The Morgan fingerprint density at radius 2 is 0.597 bits per heavy atom. The summed E-state index contributed by atoms with van der Waals surface area (Å²) in [6, 6.07) is 104. The minimum atomic E-state index is -1.37. The van der Waals surface area contributed by atoms with Gasteiger partial charge in [-0.1, -0.05) is 261 Å². The Kier molecular flexibility index (Phi) is 26.2. The molecule has 0 radical (unpaired) electrons. The van der Waals surface area contributed by atoms with Gasteiger partial charge in [0.15, 0.2) is 31.0 Å². The van der Waals surface area contributed by atoms with Gasteiger partial charge in [0.2, 0.25) is 28.5 Å². The molecule has 9 aromatic carbocycles. The SMILES string of the molecule is Cc1ccccc1-c1cc(-c2ccccn2)cc[n+]1C.[2H]C(C)(C)c1ccc(-c2cc[n+](C)c(-c3ccccc3C)c2)cc1.[2H]C([2H])(c1ccc(-c2cc[n+](C)c(-c3ccccc3C)c2)cc1)C(C)(C)C.[2H]C1(c2ccc(-c3cc[n+](C)c(-c4ccccc4C)c3)cc2)CCCC1.[2H]C1(c2ccc(-c3cc[n+](C)c(-c4ccccc4C)c3)cc2)CCCCC1. The van der Waals surface area contributed by atoms with Gasteiger partial charge in [-0.2, -0.15) is 0 Å². The van der Waals surface area contributed by atoms with Crippen molar-refractivity contribution in [2.45, 2.75) is 151 Å². The summed E-state index contributed by atoms with van der Waals surface area (Å²) >= 11 is 0. The number of aryl methyl sites for hydroxylation is 10. The fourth-order valence-corrected chi connectivity index (χ4v) is 16.2. The number of rotatable bonds is 14. The standard InChI is InChI=1S/C25H28N.C24H26N.C24H28N.C22H24N.C18H17N2/c1-19-8-6-7-11-24(19)25-18-23(16-17-26(25)2)22-14-12-21(13-15-22)20-9-4-3-5-10-20;1-18-7-3-6-10-23(18)24-17-22(15-16-25(24)2)21-13-11-20(12-14-21)19-8-4-5-9-19;1-18-8-6-7-9-22(18)23-16-21(14-15-25(23)5)20-12-10-19(11-13-20)17-24(2,3)4;1-16(2)18-9-11-19(12-10-18)20-13-14-23(4)22(15-20)21-8-6-5-7-17(21)3;1-14-7-3-4-8-16(14)18-13-15(10-12-20(18)2)17-9-5-6-11-19-17/h6-8,11-18,20H,3-5,9-10H2,1-2H3;3,6-7,10-17,19H,4-5,8-9H2,1-2H3;6-16H,17H2,1-5H3;5-16H,1-4H3;3-13H,1-2H3/q5*+1/i20D;19D;17D2;16D;. The first-order chi connectivity index (χ1) is 59.4. The number of nitrogens with zero attached hydrogens (tertiary/aromatic N) is 6. The summed E-state index contributed by atoms with van der Waals surface area (Å²) in [5.41, 5.74) is 33.9. The van der Waals surface area contributed by atoms with Crippen molar-refractivity contribution < 1.29 is 29.7 Å². The van der Waals surface area contributed by atoms with E-state index in [9.17, 15) is 0 Å². The molecule has 0 saturated heterocycles. The predicted molar refractivity (Wildman–Crippen MR) is 498 cm³/mol. The van der Waals surface area contributed by atoms with Gasteiger partial charge in [0.05, 0.1) is 5.69 Å². The Labute approximate surface area is 718 Å². The molecule has 0 N–H and O–H groups in total. The van der Waals surface area contributed by atoms with E-state index < -0.39 is 17.7 Å². The van der Waals surface area contributed by atoms with Crippen molar-refractivity contribution in [2.24, 2.45) is 40.7 Å². The lowest BCUT2D eigenvalue weighted by molar-refractivity contribution is -0.660.